The van der Waals surface area contributed by atoms with Gasteiger partial charge in [-0.15, -0.1) is 0 Å². The maximum atomic E-state index is 12.5. The number of imide groups is 1. The van der Waals surface area contributed by atoms with E-state index in [4.69, 9.17) is 4.98 Å². The van der Waals surface area contributed by atoms with Crippen LogP contribution < -0.4 is 4.90 Å². The minimum atomic E-state index is -0.486. The molecule has 0 N–H and O–H groups in total. The van der Waals surface area contributed by atoms with Gasteiger partial charge in [-0.25, -0.2) is 14.3 Å². The van der Waals surface area contributed by atoms with Gasteiger partial charge in [-0.05, 0) is 28.1 Å². The Morgan fingerprint density at radius 2 is 1.97 bits per heavy atom. The monoisotopic (exact) mass is 491 g/mol. The first-order valence-electron chi connectivity index (χ1n) is 10.2. The summed E-state index contributed by atoms with van der Waals surface area (Å²) in [4.78, 5) is 39.1. The number of amides is 3. The molecule has 9 nitrogen and oxygen atoms in total. The molecule has 1 atom stereocenters. The highest BCUT2D eigenvalue weighted by atomic mass is 79.9. The topological polar surface area (TPSA) is 86.9 Å². The molecule has 3 amide bonds. The van der Waals surface area contributed by atoms with Crippen molar-refractivity contribution >= 4 is 50.2 Å². The number of fused-ring (bicyclic) bond motifs is 3. The maximum absolute atomic E-state index is 12.5. The average molecular weight is 492 g/mol. The normalized spacial score (nSPS) is 18.8. The fraction of sp³-hybridized carbons (Fsp3) is 0.227. The van der Waals surface area contributed by atoms with Crippen molar-refractivity contribution in [3.63, 3.8) is 0 Å². The Balaban J connectivity index is 1.40. The SMILES string of the molecule is CN1C(=O)C2CN(c3nc4c(-c5cnc6ccccc6c5)cnn4cc3Br)CCN2C1=O. The van der Waals surface area contributed by atoms with Gasteiger partial charge >= 0.3 is 6.03 Å². The number of pyridine rings is 1. The molecule has 10 heteroatoms. The minimum absolute atomic E-state index is 0.177. The highest BCUT2D eigenvalue weighted by molar-refractivity contribution is 9.10. The summed E-state index contributed by atoms with van der Waals surface area (Å²) in [5.74, 6) is 0.548. The number of aromatic nitrogens is 4. The van der Waals surface area contributed by atoms with Crippen LogP contribution in [0.3, 0.4) is 0 Å². The fourth-order valence-electron chi connectivity index (χ4n) is 4.45. The van der Waals surface area contributed by atoms with Crippen LogP contribution in [0, 0.1) is 0 Å². The van der Waals surface area contributed by atoms with Gasteiger partial charge < -0.3 is 9.80 Å². The first kappa shape index (κ1) is 19.2. The molecule has 2 aliphatic heterocycles. The van der Waals surface area contributed by atoms with Gasteiger partial charge in [0.15, 0.2) is 5.65 Å². The van der Waals surface area contributed by atoms with Crippen LogP contribution in [0.5, 0.6) is 0 Å². The van der Waals surface area contributed by atoms with Crippen molar-refractivity contribution in [1.29, 1.82) is 0 Å². The number of hydrogen-bond donors (Lipinski definition) is 0. The number of likely N-dealkylation sites (N-methyl/N-ethyl adjacent to an activating group) is 1. The van der Waals surface area contributed by atoms with E-state index >= 15 is 0 Å². The number of para-hydroxylation sites is 1. The zero-order valence-electron chi connectivity index (χ0n) is 17.1. The molecular weight excluding hydrogens is 474 g/mol. The largest absolute Gasteiger partial charge is 0.351 e. The first-order chi connectivity index (χ1) is 15.5. The van der Waals surface area contributed by atoms with Crippen LogP contribution >= 0.6 is 15.9 Å². The lowest BCUT2D eigenvalue weighted by atomic mass is 10.1. The van der Waals surface area contributed by atoms with Gasteiger partial charge in [0.25, 0.3) is 5.91 Å². The maximum Gasteiger partial charge on any atom is 0.327 e. The summed E-state index contributed by atoms with van der Waals surface area (Å²) in [6.07, 6.45) is 5.49. The molecule has 1 unspecified atom stereocenters. The second-order valence-corrected chi connectivity index (χ2v) is 8.84. The zero-order valence-corrected chi connectivity index (χ0v) is 18.7. The summed E-state index contributed by atoms with van der Waals surface area (Å²) in [7, 11) is 1.53. The van der Waals surface area contributed by atoms with Gasteiger partial charge in [0.1, 0.15) is 11.9 Å². The number of carbonyl (C=O) groups excluding carboxylic acids is 2. The van der Waals surface area contributed by atoms with Gasteiger partial charge in [0.2, 0.25) is 0 Å². The Hall–Kier alpha value is -3.53. The highest BCUT2D eigenvalue weighted by Gasteiger charge is 2.46. The lowest BCUT2D eigenvalue weighted by molar-refractivity contribution is -0.127. The molecule has 2 aliphatic rings. The van der Waals surface area contributed by atoms with Crippen LogP contribution in [0.15, 0.2) is 53.4 Å². The quantitative estimate of drug-likeness (QED) is 0.400. The van der Waals surface area contributed by atoms with Crippen molar-refractivity contribution in [1.82, 2.24) is 29.4 Å². The van der Waals surface area contributed by atoms with Crippen molar-refractivity contribution < 1.29 is 9.59 Å². The molecule has 4 aromatic rings. The van der Waals surface area contributed by atoms with Crippen molar-refractivity contribution in [2.45, 2.75) is 6.04 Å². The standard InChI is InChI=1S/C22H18BrN7O2/c1-27-21(31)18-12-28(6-7-29(18)22(27)32)20-16(23)11-30-19(26-20)15(10-25-30)14-8-13-4-2-3-5-17(13)24-9-14/h2-5,8-11,18H,6-7,12H2,1H3. The Labute approximate surface area is 191 Å². The number of carbonyl (C=O) groups is 2. The number of rotatable bonds is 2. The minimum Gasteiger partial charge on any atom is -0.351 e. The van der Waals surface area contributed by atoms with E-state index in [9.17, 15) is 9.59 Å². The molecular formula is C22H18BrN7O2. The number of piperazine rings is 1. The molecule has 32 heavy (non-hydrogen) atoms. The average Bonchev–Trinajstić information content (AvgIpc) is 3.32. The molecule has 2 fully saturated rings. The number of halogens is 1. The zero-order chi connectivity index (χ0) is 22.0. The predicted octanol–water partition coefficient (Wildman–Crippen LogP) is 2.79. The number of hydrogen-bond acceptors (Lipinski definition) is 6. The second-order valence-electron chi connectivity index (χ2n) is 7.99. The fourth-order valence-corrected chi connectivity index (χ4v) is 4.98. The second kappa shape index (κ2) is 6.99. The number of benzene rings is 1. The third-order valence-corrected chi connectivity index (χ3v) is 6.72. The summed E-state index contributed by atoms with van der Waals surface area (Å²) in [5, 5.41) is 5.52. The molecule has 0 aliphatic carbocycles. The van der Waals surface area contributed by atoms with Gasteiger partial charge in [0.05, 0.1) is 16.2 Å². The van der Waals surface area contributed by atoms with Crippen LogP contribution in [0.4, 0.5) is 10.6 Å². The van der Waals surface area contributed by atoms with Gasteiger partial charge in [-0.2, -0.15) is 5.10 Å². The van der Waals surface area contributed by atoms with E-state index in [1.54, 1.807) is 15.6 Å². The molecule has 0 radical (unpaired) electrons. The molecule has 160 valence electrons. The van der Waals surface area contributed by atoms with Crippen LogP contribution in [0.25, 0.3) is 27.7 Å². The Morgan fingerprint density at radius 1 is 1.12 bits per heavy atom. The van der Waals surface area contributed by atoms with Gasteiger partial charge in [0, 0.05) is 55.6 Å². The Bertz CT molecular complexity index is 1420. The molecule has 6 rings (SSSR count). The van der Waals surface area contributed by atoms with Crippen LogP contribution in [-0.2, 0) is 4.79 Å². The third-order valence-electron chi connectivity index (χ3n) is 6.16. The highest BCUT2D eigenvalue weighted by Crippen LogP contribution is 2.32. The van der Waals surface area contributed by atoms with Crippen LogP contribution in [-0.4, -0.2) is 74.0 Å². The molecule has 0 spiro atoms. The first-order valence-corrected chi connectivity index (χ1v) is 11.0. The number of urea groups is 1. The smallest absolute Gasteiger partial charge is 0.327 e. The van der Waals surface area contributed by atoms with E-state index in [0.29, 0.717) is 25.3 Å². The molecule has 1 aromatic carbocycles. The van der Waals surface area contributed by atoms with E-state index in [2.05, 4.69) is 32.1 Å². The Morgan fingerprint density at radius 3 is 2.84 bits per heavy atom. The van der Waals surface area contributed by atoms with Crippen molar-refractivity contribution in [2.75, 3.05) is 31.6 Å². The predicted molar refractivity (Wildman–Crippen MR) is 122 cm³/mol. The van der Waals surface area contributed by atoms with Crippen LogP contribution in [0.2, 0.25) is 0 Å². The summed E-state index contributed by atoms with van der Waals surface area (Å²) in [6.45, 7) is 1.46. The third kappa shape index (κ3) is 2.79. The van der Waals surface area contributed by atoms with Gasteiger partial charge in [-0.3, -0.25) is 14.7 Å². The number of anilines is 1. The summed E-state index contributed by atoms with van der Waals surface area (Å²) in [6, 6.07) is 9.33. The van der Waals surface area contributed by atoms with E-state index in [0.717, 1.165) is 32.3 Å². The molecule has 2 saturated heterocycles. The van der Waals surface area contributed by atoms with Crippen molar-refractivity contribution in [3.05, 3.63) is 53.4 Å². The van der Waals surface area contributed by atoms with Crippen molar-refractivity contribution in [2.24, 2.45) is 0 Å². The lowest BCUT2D eigenvalue weighted by Crippen LogP contribution is -2.53. The van der Waals surface area contributed by atoms with E-state index in [-0.39, 0.29) is 11.9 Å². The molecule has 0 saturated carbocycles. The van der Waals surface area contributed by atoms with E-state index in [1.165, 1.54) is 11.9 Å². The summed E-state index contributed by atoms with van der Waals surface area (Å²) < 4.78 is 2.50. The van der Waals surface area contributed by atoms with Crippen LogP contribution in [0.1, 0.15) is 0 Å². The molecule has 0 bridgehead atoms. The van der Waals surface area contributed by atoms with Crippen molar-refractivity contribution in [3.8, 4) is 11.1 Å². The summed E-state index contributed by atoms with van der Waals surface area (Å²) in [5.41, 5.74) is 3.45. The van der Waals surface area contributed by atoms with E-state index in [1.807, 2.05) is 41.6 Å². The molecule has 5 heterocycles. The Kier molecular flexibility index (Phi) is 4.19. The van der Waals surface area contributed by atoms with Gasteiger partial charge in [-0.1, -0.05) is 18.2 Å². The molecule has 3 aromatic heterocycles. The van der Waals surface area contributed by atoms with E-state index < -0.39 is 6.04 Å². The summed E-state index contributed by atoms with van der Waals surface area (Å²) >= 11 is 3.61. The lowest BCUT2D eigenvalue weighted by Gasteiger charge is -2.36. The number of nitrogens with zero attached hydrogens (tertiary/aromatic N) is 7.